The maximum Gasteiger partial charge on any atom is 0.251 e. The van der Waals surface area contributed by atoms with Gasteiger partial charge in [-0.05, 0) is 24.6 Å². The number of nitrogens with zero attached hydrogens (tertiary/aromatic N) is 4. The van der Waals surface area contributed by atoms with Gasteiger partial charge in [-0.3, -0.25) is 4.79 Å². The zero-order valence-corrected chi connectivity index (χ0v) is 20.2. The fourth-order valence-corrected chi connectivity index (χ4v) is 3.81. The second kappa shape index (κ2) is 12.3. The van der Waals surface area contributed by atoms with Crippen LogP contribution in [0.15, 0.2) is 29.6 Å². The number of anilines is 1. The van der Waals surface area contributed by atoms with E-state index in [2.05, 4.69) is 27.6 Å². The molecule has 178 valence electrons. The van der Waals surface area contributed by atoms with E-state index in [1.54, 1.807) is 55.1 Å². The highest BCUT2D eigenvalue weighted by Gasteiger charge is 2.14. The summed E-state index contributed by atoms with van der Waals surface area (Å²) in [5.74, 6) is 2.53. The minimum absolute atomic E-state index is 0.205. The van der Waals surface area contributed by atoms with Crippen LogP contribution in [0, 0.1) is 0 Å². The number of benzene rings is 1. The van der Waals surface area contributed by atoms with Crippen molar-refractivity contribution in [3.05, 3.63) is 30.0 Å². The first-order valence-corrected chi connectivity index (χ1v) is 11.7. The van der Waals surface area contributed by atoms with Crippen molar-refractivity contribution in [2.24, 2.45) is 0 Å². The van der Waals surface area contributed by atoms with Gasteiger partial charge in [0.05, 0.1) is 39.0 Å². The van der Waals surface area contributed by atoms with Gasteiger partial charge in [-0.25, -0.2) is 14.6 Å². The summed E-state index contributed by atoms with van der Waals surface area (Å²) in [5.41, 5.74) is 1.21. The average molecular weight is 475 g/mol. The first-order chi connectivity index (χ1) is 16.1. The van der Waals surface area contributed by atoms with Crippen molar-refractivity contribution in [1.82, 2.24) is 25.1 Å². The van der Waals surface area contributed by atoms with E-state index in [1.165, 1.54) is 7.11 Å². The van der Waals surface area contributed by atoms with E-state index in [0.29, 0.717) is 48.5 Å². The number of amides is 1. The monoisotopic (exact) mass is 474 g/mol. The fourth-order valence-electron chi connectivity index (χ4n) is 3.12. The van der Waals surface area contributed by atoms with Crippen LogP contribution in [0.2, 0.25) is 0 Å². The van der Waals surface area contributed by atoms with Crippen molar-refractivity contribution >= 4 is 34.5 Å². The van der Waals surface area contributed by atoms with Gasteiger partial charge in [0.15, 0.2) is 22.3 Å². The van der Waals surface area contributed by atoms with E-state index in [1.807, 2.05) is 0 Å². The van der Waals surface area contributed by atoms with Crippen LogP contribution < -0.4 is 20.1 Å². The number of carbonyl (C=O) groups is 1. The molecule has 2 aromatic heterocycles. The summed E-state index contributed by atoms with van der Waals surface area (Å²) in [7, 11) is 4.75. The number of aromatic nitrogens is 4. The molecule has 1 aromatic carbocycles. The first-order valence-electron chi connectivity index (χ1n) is 10.7. The average Bonchev–Trinajstić information content (AvgIpc) is 3.25. The Labute approximate surface area is 197 Å². The lowest BCUT2D eigenvalue weighted by Gasteiger charge is -2.11. The Morgan fingerprint density at radius 1 is 1.12 bits per heavy atom. The topological polar surface area (TPSA) is 112 Å². The zero-order valence-electron chi connectivity index (χ0n) is 19.4. The van der Waals surface area contributed by atoms with Crippen LogP contribution in [-0.2, 0) is 11.3 Å². The number of ether oxygens (including phenoxy) is 3. The Bertz CT molecular complexity index is 1070. The van der Waals surface area contributed by atoms with Crippen LogP contribution in [-0.4, -0.2) is 72.4 Å². The maximum atomic E-state index is 12.6. The van der Waals surface area contributed by atoms with Gasteiger partial charge in [-0.2, -0.15) is 5.10 Å². The number of methoxy groups -OCH3 is 3. The second-order valence-electron chi connectivity index (χ2n) is 7.05. The Morgan fingerprint density at radius 3 is 2.67 bits per heavy atom. The lowest BCUT2D eigenvalue weighted by molar-refractivity contribution is 0.0951. The third kappa shape index (κ3) is 6.26. The smallest absolute Gasteiger partial charge is 0.251 e. The quantitative estimate of drug-likeness (QED) is 0.219. The molecule has 0 spiro atoms. The van der Waals surface area contributed by atoms with Gasteiger partial charge in [0, 0.05) is 31.5 Å². The van der Waals surface area contributed by atoms with E-state index in [9.17, 15) is 4.79 Å². The molecular weight excluding hydrogens is 444 g/mol. The highest BCUT2D eigenvalue weighted by atomic mass is 32.2. The van der Waals surface area contributed by atoms with Crippen LogP contribution in [0.25, 0.3) is 11.0 Å². The lowest BCUT2D eigenvalue weighted by atomic mass is 10.2. The summed E-state index contributed by atoms with van der Waals surface area (Å²) in [6, 6.07) is 5.06. The van der Waals surface area contributed by atoms with Crippen LogP contribution in [0.4, 0.5) is 5.82 Å². The molecule has 0 unspecified atom stereocenters. The number of thioether (sulfide) groups is 1. The molecule has 0 aliphatic heterocycles. The summed E-state index contributed by atoms with van der Waals surface area (Å²) < 4.78 is 17.4. The van der Waals surface area contributed by atoms with Gasteiger partial charge >= 0.3 is 0 Å². The number of nitrogens with one attached hydrogen (secondary N) is 2. The minimum Gasteiger partial charge on any atom is -0.493 e. The van der Waals surface area contributed by atoms with E-state index < -0.39 is 0 Å². The SMILES string of the molecule is CCCSc1nc(NCCOC)c2cnn(CCNC(=O)c3ccc(OC)c(OC)c3)c2n1. The molecule has 0 atom stereocenters. The van der Waals surface area contributed by atoms with E-state index >= 15 is 0 Å². The molecule has 0 fully saturated rings. The van der Waals surface area contributed by atoms with Crippen LogP contribution in [0.5, 0.6) is 11.5 Å². The number of hydrogen-bond donors (Lipinski definition) is 2. The molecule has 0 aliphatic rings. The zero-order chi connectivity index (χ0) is 23.6. The Morgan fingerprint density at radius 2 is 1.94 bits per heavy atom. The molecular formula is C22H30N6O4S. The molecule has 0 bridgehead atoms. The van der Waals surface area contributed by atoms with Crippen molar-refractivity contribution in [3.8, 4) is 11.5 Å². The summed E-state index contributed by atoms with van der Waals surface area (Å²) in [4.78, 5) is 21.9. The molecule has 0 saturated carbocycles. The molecule has 11 heteroatoms. The fraction of sp³-hybridized carbons (Fsp3) is 0.455. The standard InChI is InChI=1S/C22H30N6O4S/c1-5-12-33-22-26-19(23-9-11-30-2)16-14-25-28(20(16)27-22)10-8-24-21(29)15-6-7-17(31-3)18(13-15)32-4/h6-7,13-14H,5,8-12H2,1-4H3,(H,24,29)(H,23,26,27). The molecule has 2 heterocycles. The van der Waals surface area contributed by atoms with Crippen molar-refractivity contribution in [2.75, 3.05) is 52.1 Å². The second-order valence-corrected chi connectivity index (χ2v) is 8.12. The van der Waals surface area contributed by atoms with Gasteiger partial charge < -0.3 is 24.8 Å². The van der Waals surface area contributed by atoms with Gasteiger partial charge in [0.25, 0.3) is 5.91 Å². The highest BCUT2D eigenvalue weighted by molar-refractivity contribution is 7.99. The van der Waals surface area contributed by atoms with Crippen LogP contribution >= 0.6 is 11.8 Å². The summed E-state index contributed by atoms with van der Waals surface area (Å²) >= 11 is 1.61. The van der Waals surface area contributed by atoms with Gasteiger partial charge in [-0.1, -0.05) is 18.7 Å². The highest BCUT2D eigenvalue weighted by Crippen LogP contribution is 2.27. The normalized spacial score (nSPS) is 10.9. The minimum atomic E-state index is -0.205. The summed E-state index contributed by atoms with van der Waals surface area (Å²) in [6.07, 6.45) is 2.77. The number of rotatable bonds is 13. The Balaban J connectivity index is 1.72. The molecule has 3 aromatic rings. The van der Waals surface area contributed by atoms with E-state index in [-0.39, 0.29) is 5.91 Å². The van der Waals surface area contributed by atoms with Gasteiger partial charge in [-0.15, -0.1) is 0 Å². The van der Waals surface area contributed by atoms with Crippen molar-refractivity contribution in [1.29, 1.82) is 0 Å². The van der Waals surface area contributed by atoms with Crippen LogP contribution in [0.1, 0.15) is 23.7 Å². The largest absolute Gasteiger partial charge is 0.493 e. The van der Waals surface area contributed by atoms with Crippen molar-refractivity contribution in [3.63, 3.8) is 0 Å². The Hall–Kier alpha value is -3.05. The number of carbonyl (C=O) groups excluding carboxylic acids is 1. The van der Waals surface area contributed by atoms with Crippen molar-refractivity contribution in [2.45, 2.75) is 25.0 Å². The molecule has 0 saturated heterocycles. The van der Waals surface area contributed by atoms with Crippen molar-refractivity contribution < 1.29 is 19.0 Å². The molecule has 1 amide bonds. The lowest BCUT2D eigenvalue weighted by Crippen LogP contribution is -2.27. The molecule has 0 radical (unpaired) electrons. The maximum absolute atomic E-state index is 12.6. The van der Waals surface area contributed by atoms with E-state index in [0.717, 1.165) is 29.0 Å². The predicted molar refractivity (Wildman–Crippen MR) is 129 cm³/mol. The third-order valence-electron chi connectivity index (χ3n) is 4.76. The molecule has 33 heavy (non-hydrogen) atoms. The predicted octanol–water partition coefficient (Wildman–Crippen LogP) is 2.83. The van der Waals surface area contributed by atoms with E-state index in [4.69, 9.17) is 19.2 Å². The molecule has 0 aliphatic carbocycles. The van der Waals surface area contributed by atoms with Gasteiger partial charge in [0.1, 0.15) is 5.82 Å². The first kappa shape index (κ1) is 24.6. The molecule has 3 rings (SSSR count). The summed E-state index contributed by atoms with van der Waals surface area (Å²) in [6.45, 7) is 4.17. The Kier molecular flexibility index (Phi) is 9.14. The summed E-state index contributed by atoms with van der Waals surface area (Å²) in [5, 5.41) is 12.2. The number of fused-ring (bicyclic) bond motifs is 1. The van der Waals surface area contributed by atoms with Gasteiger partial charge in [0.2, 0.25) is 0 Å². The third-order valence-corrected chi connectivity index (χ3v) is 5.82. The van der Waals surface area contributed by atoms with Crippen LogP contribution in [0.3, 0.4) is 0 Å². The molecule has 2 N–H and O–H groups in total. The molecule has 10 nitrogen and oxygen atoms in total. The number of hydrogen-bond acceptors (Lipinski definition) is 9.